The molecular weight excluding hydrogens is 322 g/mol. The summed E-state index contributed by atoms with van der Waals surface area (Å²) in [5, 5.41) is 3.17. The number of nitrogens with zero attached hydrogens (tertiary/aromatic N) is 3. The number of guanidine groups is 1. The van der Waals surface area contributed by atoms with Gasteiger partial charge in [-0.1, -0.05) is 50.2 Å². The lowest BCUT2D eigenvalue weighted by molar-refractivity contribution is 0.796. The summed E-state index contributed by atoms with van der Waals surface area (Å²) in [5.41, 5.74) is 10.6. The Labute approximate surface area is 154 Å². The number of nitrogens with one attached hydrogen (secondary N) is 1. The maximum absolute atomic E-state index is 6.03. The minimum absolute atomic E-state index is 0.424. The molecule has 0 aliphatic carbocycles. The third-order valence-electron chi connectivity index (χ3n) is 4.20. The lowest BCUT2D eigenvalue weighted by atomic mass is 10.0. The van der Waals surface area contributed by atoms with Crippen molar-refractivity contribution in [2.75, 3.05) is 5.32 Å². The van der Waals surface area contributed by atoms with Gasteiger partial charge in [0, 0.05) is 24.6 Å². The first-order valence-corrected chi connectivity index (χ1v) is 8.80. The molecule has 134 valence electrons. The molecule has 5 heteroatoms. The Morgan fingerprint density at radius 3 is 2.62 bits per heavy atom. The van der Waals surface area contributed by atoms with Gasteiger partial charge < -0.3 is 15.6 Å². The number of rotatable bonds is 6. The summed E-state index contributed by atoms with van der Waals surface area (Å²) >= 11 is 0. The first-order valence-electron chi connectivity index (χ1n) is 8.80. The lowest BCUT2D eigenvalue weighted by Gasteiger charge is -2.10. The van der Waals surface area contributed by atoms with E-state index >= 15 is 0 Å². The van der Waals surface area contributed by atoms with E-state index in [-0.39, 0.29) is 0 Å². The van der Waals surface area contributed by atoms with Crippen LogP contribution in [0.2, 0.25) is 0 Å². The van der Waals surface area contributed by atoms with Gasteiger partial charge in [0.1, 0.15) is 0 Å². The second-order valence-corrected chi connectivity index (χ2v) is 6.66. The van der Waals surface area contributed by atoms with E-state index in [0.717, 1.165) is 17.8 Å². The van der Waals surface area contributed by atoms with Crippen LogP contribution in [0.4, 0.5) is 5.69 Å². The molecule has 0 unspecified atom stereocenters. The maximum atomic E-state index is 6.03. The highest BCUT2D eigenvalue weighted by Crippen LogP contribution is 2.18. The highest BCUT2D eigenvalue weighted by Gasteiger charge is 2.01. The van der Waals surface area contributed by atoms with Gasteiger partial charge in [-0.05, 0) is 34.7 Å². The fourth-order valence-corrected chi connectivity index (χ4v) is 2.68. The standard InChI is InChI=1S/C21H25N5/c1-16(2)19-4-3-5-20(12-19)25-21(22)24-13-17-6-8-18(9-7-17)14-26-11-10-23-15-26/h3-12,15-16H,13-14H2,1-2H3,(H3,22,24,25). The summed E-state index contributed by atoms with van der Waals surface area (Å²) in [7, 11) is 0. The molecule has 0 saturated carbocycles. The molecule has 26 heavy (non-hydrogen) atoms. The van der Waals surface area contributed by atoms with Crippen LogP contribution in [0, 0.1) is 0 Å². The molecule has 0 fully saturated rings. The summed E-state index contributed by atoms with van der Waals surface area (Å²) in [6.07, 6.45) is 5.56. The average molecular weight is 347 g/mol. The molecule has 5 nitrogen and oxygen atoms in total. The highest BCUT2D eigenvalue weighted by molar-refractivity contribution is 5.92. The van der Waals surface area contributed by atoms with Crippen molar-refractivity contribution in [2.24, 2.45) is 10.7 Å². The van der Waals surface area contributed by atoms with E-state index in [2.05, 4.69) is 65.5 Å². The smallest absolute Gasteiger partial charge is 0.193 e. The summed E-state index contributed by atoms with van der Waals surface area (Å²) in [6.45, 7) is 5.72. The monoisotopic (exact) mass is 347 g/mol. The molecule has 0 spiro atoms. The lowest BCUT2D eigenvalue weighted by Crippen LogP contribution is -2.22. The summed E-state index contributed by atoms with van der Waals surface area (Å²) in [4.78, 5) is 8.50. The molecule has 0 amide bonds. The zero-order valence-electron chi connectivity index (χ0n) is 15.3. The summed E-state index contributed by atoms with van der Waals surface area (Å²) in [6, 6.07) is 16.7. The minimum atomic E-state index is 0.424. The number of aromatic nitrogens is 2. The van der Waals surface area contributed by atoms with Crippen molar-refractivity contribution in [1.82, 2.24) is 9.55 Å². The Hall–Kier alpha value is -3.08. The second-order valence-electron chi connectivity index (χ2n) is 6.66. The second kappa shape index (κ2) is 8.34. The van der Waals surface area contributed by atoms with Crippen LogP contribution in [-0.4, -0.2) is 15.5 Å². The molecule has 0 saturated heterocycles. The third-order valence-corrected chi connectivity index (χ3v) is 4.20. The molecule has 3 rings (SSSR count). The molecule has 0 bridgehead atoms. The predicted octanol–water partition coefficient (Wildman–Crippen LogP) is 3.98. The van der Waals surface area contributed by atoms with Gasteiger partial charge >= 0.3 is 0 Å². The first-order chi connectivity index (χ1) is 12.6. The van der Waals surface area contributed by atoms with Crippen LogP contribution >= 0.6 is 0 Å². The SMILES string of the molecule is CC(C)c1cccc(NC(N)=NCc2ccc(Cn3ccnc3)cc2)c1. The van der Waals surface area contributed by atoms with Crippen LogP contribution in [0.3, 0.4) is 0 Å². The topological polar surface area (TPSA) is 68.2 Å². The van der Waals surface area contributed by atoms with Crippen molar-refractivity contribution in [2.45, 2.75) is 32.9 Å². The number of imidazole rings is 1. The molecule has 2 aromatic carbocycles. The van der Waals surface area contributed by atoms with Gasteiger partial charge in [0.25, 0.3) is 0 Å². The van der Waals surface area contributed by atoms with Crippen molar-refractivity contribution < 1.29 is 0 Å². The van der Waals surface area contributed by atoms with Crippen molar-refractivity contribution in [3.8, 4) is 0 Å². The zero-order chi connectivity index (χ0) is 18.4. The maximum Gasteiger partial charge on any atom is 0.193 e. The zero-order valence-corrected chi connectivity index (χ0v) is 15.3. The van der Waals surface area contributed by atoms with Gasteiger partial charge in [0.15, 0.2) is 5.96 Å². The molecule has 0 aliphatic rings. The molecule has 1 heterocycles. The predicted molar refractivity (Wildman–Crippen MR) is 107 cm³/mol. The molecule has 0 radical (unpaired) electrons. The van der Waals surface area contributed by atoms with Crippen molar-refractivity contribution in [3.05, 3.63) is 83.9 Å². The van der Waals surface area contributed by atoms with E-state index in [0.29, 0.717) is 18.4 Å². The molecule has 3 N–H and O–H groups in total. The van der Waals surface area contributed by atoms with E-state index in [1.807, 2.05) is 29.2 Å². The van der Waals surface area contributed by atoms with Gasteiger partial charge in [-0.3, -0.25) is 0 Å². The summed E-state index contributed by atoms with van der Waals surface area (Å²) in [5.74, 6) is 0.907. The van der Waals surface area contributed by atoms with Gasteiger partial charge in [0.2, 0.25) is 0 Å². The van der Waals surface area contributed by atoms with Gasteiger partial charge in [-0.25, -0.2) is 9.98 Å². The van der Waals surface area contributed by atoms with Crippen LogP contribution in [0.5, 0.6) is 0 Å². The van der Waals surface area contributed by atoms with Gasteiger partial charge in [0.05, 0.1) is 12.9 Å². The average Bonchev–Trinajstić information content (AvgIpc) is 3.14. The van der Waals surface area contributed by atoms with E-state index < -0.39 is 0 Å². The Kier molecular flexibility index (Phi) is 5.69. The van der Waals surface area contributed by atoms with Gasteiger partial charge in [-0.15, -0.1) is 0 Å². The number of anilines is 1. The Morgan fingerprint density at radius 1 is 1.15 bits per heavy atom. The number of aliphatic imine (C=N–C) groups is 1. The van der Waals surface area contributed by atoms with E-state index in [1.165, 1.54) is 11.1 Å². The molecule has 0 atom stereocenters. The van der Waals surface area contributed by atoms with Crippen molar-refractivity contribution in [3.63, 3.8) is 0 Å². The van der Waals surface area contributed by atoms with Gasteiger partial charge in [-0.2, -0.15) is 0 Å². The quantitative estimate of drug-likeness (QED) is 0.523. The minimum Gasteiger partial charge on any atom is -0.370 e. The van der Waals surface area contributed by atoms with Crippen LogP contribution in [0.15, 0.2) is 72.2 Å². The molecule has 0 aliphatic heterocycles. The van der Waals surface area contributed by atoms with Crippen LogP contribution in [0.1, 0.15) is 36.5 Å². The Bertz CT molecular complexity index is 848. The fraction of sp³-hybridized carbons (Fsp3) is 0.238. The number of nitrogens with two attached hydrogens (primary N) is 1. The molecule has 1 aromatic heterocycles. The normalized spacial score (nSPS) is 11.7. The van der Waals surface area contributed by atoms with Crippen molar-refractivity contribution in [1.29, 1.82) is 0 Å². The number of benzene rings is 2. The first kappa shape index (κ1) is 17.7. The largest absolute Gasteiger partial charge is 0.370 e. The highest BCUT2D eigenvalue weighted by atomic mass is 15.1. The third kappa shape index (κ3) is 4.96. The number of hydrogen-bond donors (Lipinski definition) is 2. The van der Waals surface area contributed by atoms with E-state index in [4.69, 9.17) is 5.73 Å². The fourth-order valence-electron chi connectivity index (χ4n) is 2.68. The van der Waals surface area contributed by atoms with Crippen LogP contribution in [-0.2, 0) is 13.1 Å². The van der Waals surface area contributed by atoms with Crippen LogP contribution in [0.25, 0.3) is 0 Å². The van der Waals surface area contributed by atoms with Crippen LogP contribution < -0.4 is 11.1 Å². The Balaban J connectivity index is 1.57. The van der Waals surface area contributed by atoms with E-state index in [9.17, 15) is 0 Å². The van der Waals surface area contributed by atoms with Crippen molar-refractivity contribution >= 4 is 11.6 Å². The number of hydrogen-bond acceptors (Lipinski definition) is 2. The Morgan fingerprint density at radius 2 is 1.92 bits per heavy atom. The molecule has 3 aromatic rings. The summed E-state index contributed by atoms with van der Waals surface area (Å²) < 4.78 is 2.04. The molecular formula is C21H25N5. The van der Waals surface area contributed by atoms with E-state index in [1.54, 1.807) is 6.20 Å².